The van der Waals surface area contributed by atoms with Gasteiger partial charge in [0.15, 0.2) is 0 Å². The molecule has 4 atom stereocenters. The maximum absolute atomic E-state index is 10.2. The van der Waals surface area contributed by atoms with Crippen molar-refractivity contribution in [2.45, 2.75) is 19.3 Å². The maximum atomic E-state index is 10.2. The van der Waals surface area contributed by atoms with Crippen molar-refractivity contribution >= 4 is 17.1 Å². The number of anilines is 3. The predicted molar refractivity (Wildman–Crippen MR) is 206 cm³/mol. The molecule has 0 radical (unpaired) electrons. The van der Waals surface area contributed by atoms with Crippen LogP contribution in [0.3, 0.4) is 0 Å². The zero-order valence-corrected chi connectivity index (χ0v) is 28.7. The Bertz CT molecular complexity index is 2310. The van der Waals surface area contributed by atoms with E-state index in [-0.39, 0.29) is 29.1 Å². The molecule has 3 nitrogen and oxygen atoms in total. The zero-order chi connectivity index (χ0) is 34.7. The molecular formula is C48H37N3. The van der Waals surface area contributed by atoms with E-state index in [9.17, 15) is 10.5 Å². The van der Waals surface area contributed by atoms with Gasteiger partial charge in [0.05, 0.1) is 23.5 Å². The van der Waals surface area contributed by atoms with Gasteiger partial charge in [-0.05, 0) is 105 Å². The van der Waals surface area contributed by atoms with Gasteiger partial charge in [0.25, 0.3) is 0 Å². The van der Waals surface area contributed by atoms with Crippen molar-refractivity contribution in [2.24, 2.45) is 29.1 Å². The fourth-order valence-corrected chi connectivity index (χ4v) is 9.85. The molecule has 9 rings (SSSR count). The molecule has 4 unspecified atom stereocenters. The van der Waals surface area contributed by atoms with Crippen molar-refractivity contribution in [3.05, 3.63) is 186 Å². The average Bonchev–Trinajstić information content (AvgIpc) is 3.19. The Hall–Kier alpha value is -6.16. The Morgan fingerprint density at radius 3 is 1.55 bits per heavy atom. The molecule has 5 aromatic carbocycles. The van der Waals surface area contributed by atoms with Crippen molar-refractivity contribution in [3.8, 4) is 34.4 Å². The Balaban J connectivity index is 1.27. The SMILES string of the molecule is CC1(C)C2C=CC(C#N)=CC2C2(c3ccccc3N(c3cccc(-c4cccc(-c5ccccc5)c4)c3)c3ccccc32)C2C=C(C#N)C=CC21. The van der Waals surface area contributed by atoms with Crippen LogP contribution in [0.1, 0.15) is 25.0 Å². The van der Waals surface area contributed by atoms with Gasteiger partial charge in [-0.2, -0.15) is 10.5 Å². The topological polar surface area (TPSA) is 50.8 Å². The van der Waals surface area contributed by atoms with Crippen molar-refractivity contribution < 1.29 is 0 Å². The van der Waals surface area contributed by atoms with E-state index in [0.717, 1.165) is 22.6 Å². The molecule has 1 saturated carbocycles. The summed E-state index contributed by atoms with van der Waals surface area (Å²) in [5.41, 5.74) is 11.3. The van der Waals surface area contributed by atoms with Gasteiger partial charge < -0.3 is 4.90 Å². The molecule has 0 aromatic heterocycles. The van der Waals surface area contributed by atoms with Crippen LogP contribution in [0.5, 0.6) is 0 Å². The average molecular weight is 656 g/mol. The molecule has 1 fully saturated rings. The summed E-state index contributed by atoms with van der Waals surface area (Å²) >= 11 is 0. The summed E-state index contributed by atoms with van der Waals surface area (Å²) in [6.07, 6.45) is 13.1. The highest BCUT2D eigenvalue weighted by Crippen LogP contribution is 2.69. The molecule has 1 spiro atoms. The normalized spacial score (nSPS) is 23.0. The largest absolute Gasteiger partial charge is 0.310 e. The Morgan fingerprint density at radius 1 is 0.510 bits per heavy atom. The Labute approximate surface area is 300 Å². The third-order valence-electron chi connectivity index (χ3n) is 12.1. The third-order valence-corrected chi connectivity index (χ3v) is 12.1. The number of para-hydroxylation sites is 2. The van der Waals surface area contributed by atoms with Gasteiger partial charge in [0, 0.05) is 22.2 Å². The minimum Gasteiger partial charge on any atom is -0.310 e. The second-order valence-corrected chi connectivity index (χ2v) is 14.8. The van der Waals surface area contributed by atoms with Crippen LogP contribution >= 0.6 is 0 Å². The van der Waals surface area contributed by atoms with E-state index in [4.69, 9.17) is 0 Å². The van der Waals surface area contributed by atoms with E-state index in [1.165, 1.54) is 27.8 Å². The summed E-state index contributed by atoms with van der Waals surface area (Å²) in [6.45, 7) is 4.73. The lowest BCUT2D eigenvalue weighted by molar-refractivity contribution is -0.00111. The van der Waals surface area contributed by atoms with E-state index in [2.05, 4.69) is 183 Å². The molecule has 1 heterocycles. The van der Waals surface area contributed by atoms with E-state index in [1.54, 1.807) is 0 Å². The summed E-state index contributed by atoms with van der Waals surface area (Å²) in [5, 5.41) is 20.5. The number of allylic oxidation sites excluding steroid dienone is 8. The molecule has 5 aromatic rings. The van der Waals surface area contributed by atoms with Gasteiger partial charge in [-0.25, -0.2) is 0 Å². The van der Waals surface area contributed by atoms with E-state index >= 15 is 0 Å². The monoisotopic (exact) mass is 655 g/mol. The van der Waals surface area contributed by atoms with Crippen LogP contribution in [0.15, 0.2) is 175 Å². The van der Waals surface area contributed by atoms with Crippen molar-refractivity contribution in [2.75, 3.05) is 4.90 Å². The molecule has 3 aliphatic carbocycles. The molecule has 3 heteroatoms. The summed E-state index contributed by atoms with van der Waals surface area (Å²) in [4.78, 5) is 2.42. The van der Waals surface area contributed by atoms with Gasteiger partial charge in [0.1, 0.15) is 0 Å². The van der Waals surface area contributed by atoms with E-state index < -0.39 is 5.41 Å². The summed E-state index contributed by atoms with van der Waals surface area (Å²) in [7, 11) is 0. The van der Waals surface area contributed by atoms with Gasteiger partial charge in [-0.15, -0.1) is 0 Å². The van der Waals surface area contributed by atoms with Crippen LogP contribution in [-0.4, -0.2) is 0 Å². The standard InChI is InChI=1S/C48H37N3/c1-47(2)39-24-22-32(30-49)26-43(39)48(44-27-33(31-50)23-25-40(44)47)41-18-6-8-20-45(41)51(46-21-9-7-19-42(46)48)38-17-11-16-37(29-38)36-15-10-14-35(28-36)34-12-4-3-5-13-34/h3-29,39-40,43-44H,1-2H3. The molecule has 1 aliphatic heterocycles. The molecule has 0 amide bonds. The Morgan fingerprint density at radius 2 is 0.980 bits per heavy atom. The minimum atomic E-state index is -0.532. The van der Waals surface area contributed by atoms with Gasteiger partial charge >= 0.3 is 0 Å². The first-order valence-corrected chi connectivity index (χ1v) is 17.8. The van der Waals surface area contributed by atoms with Gasteiger partial charge in [-0.1, -0.05) is 135 Å². The lowest BCUT2D eigenvalue weighted by Gasteiger charge is -2.64. The number of benzene rings is 5. The molecule has 0 bridgehead atoms. The number of hydrogen-bond acceptors (Lipinski definition) is 3. The van der Waals surface area contributed by atoms with Crippen molar-refractivity contribution in [1.82, 2.24) is 0 Å². The van der Waals surface area contributed by atoms with Gasteiger partial charge in [-0.3, -0.25) is 0 Å². The number of nitriles is 2. The lowest BCUT2D eigenvalue weighted by atomic mass is 9.40. The summed E-state index contributed by atoms with van der Waals surface area (Å²) in [5.74, 6) is 0.330. The third kappa shape index (κ3) is 4.55. The Kier molecular flexibility index (Phi) is 7.10. The molecule has 0 saturated heterocycles. The van der Waals surface area contributed by atoms with Crippen molar-refractivity contribution in [1.29, 1.82) is 10.5 Å². The molecule has 244 valence electrons. The molecular weight excluding hydrogens is 619 g/mol. The summed E-state index contributed by atoms with van der Waals surface area (Å²) < 4.78 is 0. The molecule has 0 N–H and O–H groups in total. The molecule has 4 aliphatic rings. The van der Waals surface area contributed by atoms with Crippen LogP contribution in [0, 0.1) is 51.7 Å². The fraction of sp³-hybridized carbons (Fsp3) is 0.167. The fourth-order valence-electron chi connectivity index (χ4n) is 9.85. The number of fused-ring (bicyclic) bond motifs is 8. The lowest BCUT2D eigenvalue weighted by Crippen LogP contribution is -2.60. The van der Waals surface area contributed by atoms with Crippen LogP contribution in [0.25, 0.3) is 22.3 Å². The second-order valence-electron chi connectivity index (χ2n) is 14.8. The number of nitrogens with zero attached hydrogens (tertiary/aromatic N) is 3. The van der Waals surface area contributed by atoms with Crippen LogP contribution in [-0.2, 0) is 5.41 Å². The van der Waals surface area contributed by atoms with Crippen LogP contribution < -0.4 is 4.90 Å². The quantitative estimate of drug-likeness (QED) is 0.194. The highest BCUT2D eigenvalue weighted by atomic mass is 15.2. The summed E-state index contributed by atoms with van der Waals surface area (Å²) in [6, 6.07) is 50.8. The maximum Gasteiger partial charge on any atom is 0.0988 e. The number of rotatable bonds is 3. The first-order chi connectivity index (χ1) is 24.9. The second kappa shape index (κ2) is 11.7. The first-order valence-electron chi connectivity index (χ1n) is 17.8. The van der Waals surface area contributed by atoms with E-state index in [0.29, 0.717) is 11.1 Å². The van der Waals surface area contributed by atoms with Crippen LogP contribution in [0.2, 0.25) is 0 Å². The highest BCUT2D eigenvalue weighted by molar-refractivity contribution is 5.88. The minimum absolute atomic E-state index is 0.00685. The molecule has 51 heavy (non-hydrogen) atoms. The number of hydrogen-bond donors (Lipinski definition) is 0. The highest BCUT2D eigenvalue weighted by Gasteiger charge is 2.64. The predicted octanol–water partition coefficient (Wildman–Crippen LogP) is 11.6. The van der Waals surface area contributed by atoms with Crippen LogP contribution in [0.4, 0.5) is 17.1 Å². The first kappa shape index (κ1) is 30.9. The van der Waals surface area contributed by atoms with Gasteiger partial charge in [0.2, 0.25) is 0 Å². The van der Waals surface area contributed by atoms with E-state index in [1.807, 2.05) is 12.2 Å². The zero-order valence-electron chi connectivity index (χ0n) is 28.7. The smallest absolute Gasteiger partial charge is 0.0988 e. The van der Waals surface area contributed by atoms with Crippen molar-refractivity contribution in [3.63, 3.8) is 0 Å².